The van der Waals surface area contributed by atoms with Gasteiger partial charge in [0.25, 0.3) is 0 Å². The molecular weight excluding hydrogens is 396 g/mol. The predicted molar refractivity (Wildman–Crippen MR) is 110 cm³/mol. The second-order valence-corrected chi connectivity index (χ2v) is 8.83. The summed E-state index contributed by atoms with van der Waals surface area (Å²) < 4.78 is 0. The Labute approximate surface area is 173 Å². The molecule has 8 heteroatoms. The fraction of sp³-hybridized carbons (Fsp3) is 0.450. The van der Waals surface area contributed by atoms with Crippen LogP contribution >= 0.6 is 22.9 Å². The molecule has 0 radical (unpaired) electrons. The summed E-state index contributed by atoms with van der Waals surface area (Å²) >= 11 is 7.65. The predicted octanol–water partition coefficient (Wildman–Crippen LogP) is 3.21. The van der Waals surface area contributed by atoms with Crippen LogP contribution in [0.15, 0.2) is 24.3 Å². The van der Waals surface area contributed by atoms with Gasteiger partial charge in [-0.1, -0.05) is 36.2 Å². The fourth-order valence-corrected chi connectivity index (χ4v) is 4.67. The third kappa shape index (κ3) is 4.54. The standard InChI is InChI=1S/C20H23ClN4O2S/c21-15-7-2-1-4-14(15)10-22-18(26)12-25-9-8-16-17(11-25)28-20(23-16)24-19(27)13-5-3-6-13/h1-2,4,7,13H,3,5-6,8-12H2,(H,22,26)(H,23,24,27). The molecule has 1 aliphatic carbocycles. The van der Waals surface area contributed by atoms with Crippen LogP contribution in [0.2, 0.25) is 5.02 Å². The van der Waals surface area contributed by atoms with Crippen LogP contribution in [0.5, 0.6) is 0 Å². The number of carbonyl (C=O) groups excluding carboxylic acids is 2. The van der Waals surface area contributed by atoms with Crippen LogP contribution < -0.4 is 10.6 Å². The third-order valence-corrected chi connectivity index (χ3v) is 6.68. The molecule has 0 unspecified atom stereocenters. The molecule has 2 aliphatic rings. The minimum atomic E-state index is -0.0219. The van der Waals surface area contributed by atoms with Gasteiger partial charge in [-0.15, -0.1) is 11.3 Å². The quantitative estimate of drug-likeness (QED) is 0.755. The normalized spacial score (nSPS) is 16.9. The van der Waals surface area contributed by atoms with E-state index in [2.05, 4.69) is 20.5 Å². The number of nitrogens with zero attached hydrogens (tertiary/aromatic N) is 2. The number of anilines is 1. The van der Waals surface area contributed by atoms with Crippen LogP contribution in [-0.4, -0.2) is 34.8 Å². The molecule has 1 aliphatic heterocycles. The third-order valence-electron chi connectivity index (χ3n) is 5.32. The lowest BCUT2D eigenvalue weighted by atomic mass is 9.85. The van der Waals surface area contributed by atoms with Crippen molar-refractivity contribution in [2.45, 2.75) is 38.8 Å². The number of aromatic nitrogens is 1. The minimum absolute atomic E-state index is 0.0219. The number of nitrogens with one attached hydrogen (secondary N) is 2. The molecule has 6 nitrogen and oxygen atoms in total. The zero-order valence-electron chi connectivity index (χ0n) is 15.5. The zero-order valence-corrected chi connectivity index (χ0v) is 17.1. The Morgan fingerprint density at radius 2 is 2.11 bits per heavy atom. The van der Waals surface area contributed by atoms with E-state index in [4.69, 9.17) is 11.6 Å². The van der Waals surface area contributed by atoms with Crippen molar-refractivity contribution in [2.75, 3.05) is 18.4 Å². The van der Waals surface area contributed by atoms with E-state index in [0.717, 1.165) is 48.4 Å². The van der Waals surface area contributed by atoms with Crippen molar-refractivity contribution in [1.29, 1.82) is 0 Å². The smallest absolute Gasteiger partial charge is 0.234 e. The van der Waals surface area contributed by atoms with Crippen molar-refractivity contribution in [3.05, 3.63) is 45.4 Å². The average Bonchev–Trinajstić information content (AvgIpc) is 3.01. The van der Waals surface area contributed by atoms with E-state index in [-0.39, 0.29) is 17.7 Å². The van der Waals surface area contributed by atoms with E-state index in [9.17, 15) is 9.59 Å². The molecule has 2 N–H and O–H groups in total. The highest BCUT2D eigenvalue weighted by molar-refractivity contribution is 7.15. The van der Waals surface area contributed by atoms with Crippen LogP contribution in [0.1, 0.15) is 35.4 Å². The fourth-order valence-electron chi connectivity index (χ4n) is 3.41. The number of amides is 2. The lowest BCUT2D eigenvalue weighted by molar-refractivity contribution is -0.123. The lowest BCUT2D eigenvalue weighted by Crippen LogP contribution is -2.39. The summed E-state index contributed by atoms with van der Waals surface area (Å²) in [6.45, 7) is 2.24. The van der Waals surface area contributed by atoms with E-state index in [1.807, 2.05) is 24.3 Å². The number of benzene rings is 1. The first kappa shape index (κ1) is 19.4. The first-order valence-corrected chi connectivity index (χ1v) is 10.8. The Morgan fingerprint density at radius 3 is 2.86 bits per heavy atom. The highest BCUT2D eigenvalue weighted by atomic mass is 35.5. The summed E-state index contributed by atoms with van der Waals surface area (Å²) in [5.41, 5.74) is 1.95. The maximum absolute atomic E-state index is 12.3. The SMILES string of the molecule is O=C(CN1CCc2nc(NC(=O)C3CCC3)sc2C1)NCc1ccccc1Cl. The molecule has 2 heterocycles. The maximum Gasteiger partial charge on any atom is 0.234 e. The number of hydrogen-bond donors (Lipinski definition) is 2. The van der Waals surface area contributed by atoms with Crippen molar-refractivity contribution in [3.8, 4) is 0 Å². The second-order valence-electron chi connectivity index (χ2n) is 7.33. The topological polar surface area (TPSA) is 74.3 Å². The number of halogens is 1. The molecule has 2 aromatic rings. The Hall–Kier alpha value is -1.96. The molecule has 1 aromatic carbocycles. The van der Waals surface area contributed by atoms with E-state index < -0.39 is 0 Å². The summed E-state index contributed by atoms with van der Waals surface area (Å²) in [7, 11) is 0. The van der Waals surface area contributed by atoms with Crippen molar-refractivity contribution in [3.63, 3.8) is 0 Å². The summed E-state index contributed by atoms with van der Waals surface area (Å²) in [5.74, 6) is 0.221. The molecule has 0 spiro atoms. The number of rotatable bonds is 6. The summed E-state index contributed by atoms with van der Waals surface area (Å²) in [6.07, 6.45) is 3.89. The van der Waals surface area contributed by atoms with Gasteiger partial charge in [0, 0.05) is 41.9 Å². The van der Waals surface area contributed by atoms with Crippen LogP contribution in [0.3, 0.4) is 0 Å². The van der Waals surface area contributed by atoms with Crippen molar-refractivity contribution < 1.29 is 9.59 Å². The molecule has 0 bridgehead atoms. The van der Waals surface area contributed by atoms with Gasteiger partial charge >= 0.3 is 0 Å². The van der Waals surface area contributed by atoms with Gasteiger partial charge in [0.1, 0.15) is 0 Å². The van der Waals surface area contributed by atoms with Crippen molar-refractivity contribution >= 4 is 39.9 Å². The molecule has 148 valence electrons. The maximum atomic E-state index is 12.3. The Morgan fingerprint density at radius 1 is 1.29 bits per heavy atom. The van der Waals surface area contributed by atoms with E-state index in [1.165, 1.54) is 11.3 Å². The van der Waals surface area contributed by atoms with Gasteiger partial charge in [0.2, 0.25) is 11.8 Å². The van der Waals surface area contributed by atoms with Crippen LogP contribution in [0.4, 0.5) is 5.13 Å². The summed E-state index contributed by atoms with van der Waals surface area (Å²) in [6, 6.07) is 7.51. The largest absolute Gasteiger partial charge is 0.351 e. The van der Waals surface area contributed by atoms with Gasteiger partial charge in [0.05, 0.1) is 12.2 Å². The number of fused-ring (bicyclic) bond motifs is 1. The molecule has 0 atom stereocenters. The lowest BCUT2D eigenvalue weighted by Gasteiger charge is -2.25. The Bertz CT molecular complexity index is 881. The monoisotopic (exact) mass is 418 g/mol. The van der Waals surface area contributed by atoms with Crippen LogP contribution in [0.25, 0.3) is 0 Å². The molecule has 4 rings (SSSR count). The minimum Gasteiger partial charge on any atom is -0.351 e. The van der Waals surface area contributed by atoms with Gasteiger partial charge in [-0.2, -0.15) is 0 Å². The Balaban J connectivity index is 1.28. The van der Waals surface area contributed by atoms with E-state index in [0.29, 0.717) is 29.8 Å². The number of carbonyl (C=O) groups is 2. The van der Waals surface area contributed by atoms with Gasteiger partial charge in [0.15, 0.2) is 5.13 Å². The highest BCUT2D eigenvalue weighted by Crippen LogP contribution is 2.31. The van der Waals surface area contributed by atoms with Crippen LogP contribution in [0, 0.1) is 5.92 Å². The van der Waals surface area contributed by atoms with Crippen LogP contribution in [-0.2, 0) is 29.1 Å². The average molecular weight is 419 g/mol. The van der Waals surface area contributed by atoms with Gasteiger partial charge < -0.3 is 10.6 Å². The van der Waals surface area contributed by atoms with Gasteiger partial charge in [-0.25, -0.2) is 4.98 Å². The Kier molecular flexibility index (Phi) is 5.94. The summed E-state index contributed by atoms with van der Waals surface area (Å²) in [5, 5.41) is 7.24. The molecule has 1 aromatic heterocycles. The molecule has 1 saturated carbocycles. The van der Waals surface area contributed by atoms with E-state index >= 15 is 0 Å². The first-order chi connectivity index (χ1) is 13.6. The van der Waals surface area contributed by atoms with E-state index in [1.54, 1.807) is 0 Å². The molecule has 28 heavy (non-hydrogen) atoms. The summed E-state index contributed by atoms with van der Waals surface area (Å²) in [4.78, 5) is 32.2. The van der Waals surface area contributed by atoms with Crippen molar-refractivity contribution in [1.82, 2.24) is 15.2 Å². The molecule has 0 saturated heterocycles. The molecule has 2 amide bonds. The van der Waals surface area contributed by atoms with Gasteiger partial charge in [-0.3, -0.25) is 14.5 Å². The van der Waals surface area contributed by atoms with Gasteiger partial charge in [-0.05, 0) is 24.5 Å². The first-order valence-electron chi connectivity index (χ1n) is 9.60. The van der Waals surface area contributed by atoms with Crippen molar-refractivity contribution in [2.24, 2.45) is 5.92 Å². The number of thiazole rings is 1. The molecule has 1 fully saturated rings. The number of hydrogen-bond acceptors (Lipinski definition) is 5. The highest BCUT2D eigenvalue weighted by Gasteiger charge is 2.27. The molecular formula is C20H23ClN4O2S. The zero-order chi connectivity index (χ0) is 19.5. The second kappa shape index (κ2) is 8.59.